The van der Waals surface area contributed by atoms with Crippen molar-refractivity contribution in [1.29, 1.82) is 0 Å². The number of carboxylic acids is 1. The summed E-state index contributed by atoms with van der Waals surface area (Å²) in [7, 11) is 0. The van der Waals surface area contributed by atoms with Crippen molar-refractivity contribution in [3.8, 4) is 0 Å². The SMILES string of the molecule is O=C(O)[C@@H]1CC(O)CN1c1cnccn1. The number of aliphatic hydroxyl groups excluding tert-OH is 1. The monoisotopic (exact) mass is 209 g/mol. The van der Waals surface area contributed by atoms with Gasteiger partial charge in [-0.2, -0.15) is 0 Å². The van der Waals surface area contributed by atoms with E-state index >= 15 is 0 Å². The summed E-state index contributed by atoms with van der Waals surface area (Å²) in [6, 6.07) is -0.711. The molecule has 15 heavy (non-hydrogen) atoms. The summed E-state index contributed by atoms with van der Waals surface area (Å²) in [5.74, 6) is -0.460. The molecule has 1 aliphatic rings. The van der Waals surface area contributed by atoms with E-state index in [0.29, 0.717) is 5.82 Å². The van der Waals surface area contributed by atoms with Crippen molar-refractivity contribution < 1.29 is 15.0 Å². The average Bonchev–Trinajstić information content (AvgIpc) is 2.62. The summed E-state index contributed by atoms with van der Waals surface area (Å²) in [5.41, 5.74) is 0. The largest absolute Gasteiger partial charge is 0.480 e. The molecule has 6 heteroatoms. The maximum Gasteiger partial charge on any atom is 0.326 e. The number of rotatable bonds is 2. The molecular formula is C9H11N3O3. The van der Waals surface area contributed by atoms with Crippen molar-refractivity contribution >= 4 is 11.8 Å². The summed E-state index contributed by atoms with van der Waals surface area (Å²) in [6.07, 6.45) is 4.12. The van der Waals surface area contributed by atoms with Crippen LogP contribution in [0.4, 0.5) is 5.82 Å². The number of aliphatic carboxylic acids is 1. The minimum Gasteiger partial charge on any atom is -0.480 e. The first-order valence-electron chi connectivity index (χ1n) is 4.62. The van der Waals surface area contributed by atoms with E-state index in [-0.39, 0.29) is 13.0 Å². The zero-order valence-electron chi connectivity index (χ0n) is 7.95. The first kappa shape index (κ1) is 9.85. The molecule has 1 aromatic heterocycles. The van der Waals surface area contributed by atoms with E-state index in [1.807, 2.05) is 0 Å². The standard InChI is InChI=1S/C9H11N3O3/c13-6-3-7(9(14)15)12(5-6)8-4-10-1-2-11-8/h1-2,4,6-7,13H,3,5H2,(H,14,15)/t6?,7-/m0/s1. The summed E-state index contributed by atoms with van der Waals surface area (Å²) in [4.78, 5) is 20.4. The smallest absolute Gasteiger partial charge is 0.326 e. The Labute approximate surface area is 86.2 Å². The number of aliphatic hydroxyl groups is 1. The lowest BCUT2D eigenvalue weighted by molar-refractivity contribution is -0.138. The fourth-order valence-electron chi connectivity index (χ4n) is 1.74. The number of nitrogens with zero attached hydrogens (tertiary/aromatic N) is 3. The van der Waals surface area contributed by atoms with Gasteiger partial charge in [0, 0.05) is 25.4 Å². The lowest BCUT2D eigenvalue weighted by Crippen LogP contribution is -2.36. The van der Waals surface area contributed by atoms with E-state index in [1.165, 1.54) is 18.6 Å². The van der Waals surface area contributed by atoms with E-state index in [1.54, 1.807) is 4.90 Å². The molecule has 1 aromatic rings. The van der Waals surface area contributed by atoms with Gasteiger partial charge in [-0.05, 0) is 0 Å². The van der Waals surface area contributed by atoms with Crippen LogP contribution in [0.5, 0.6) is 0 Å². The third kappa shape index (κ3) is 1.89. The summed E-state index contributed by atoms with van der Waals surface area (Å²) < 4.78 is 0. The Hall–Kier alpha value is -1.69. The molecule has 2 atom stereocenters. The number of aromatic nitrogens is 2. The number of β-amino-alcohol motifs (C(OH)–C–C–N with tert-alkyl or cyclic N) is 1. The van der Waals surface area contributed by atoms with Gasteiger partial charge in [0.1, 0.15) is 11.9 Å². The lowest BCUT2D eigenvalue weighted by Gasteiger charge is -2.21. The zero-order chi connectivity index (χ0) is 10.8. The van der Waals surface area contributed by atoms with Gasteiger partial charge in [-0.15, -0.1) is 0 Å². The molecular weight excluding hydrogens is 198 g/mol. The molecule has 2 N–H and O–H groups in total. The molecule has 0 amide bonds. The second kappa shape index (κ2) is 3.82. The molecule has 1 aliphatic heterocycles. The van der Waals surface area contributed by atoms with E-state index in [4.69, 9.17) is 5.11 Å². The van der Waals surface area contributed by atoms with Gasteiger partial charge in [0.15, 0.2) is 0 Å². The number of carbonyl (C=O) groups is 1. The van der Waals surface area contributed by atoms with Crippen molar-refractivity contribution in [1.82, 2.24) is 9.97 Å². The summed E-state index contributed by atoms with van der Waals surface area (Å²) in [5, 5.41) is 18.4. The van der Waals surface area contributed by atoms with Crippen molar-refractivity contribution in [3.05, 3.63) is 18.6 Å². The van der Waals surface area contributed by atoms with E-state index < -0.39 is 18.1 Å². The van der Waals surface area contributed by atoms with Crippen LogP contribution >= 0.6 is 0 Å². The Balaban J connectivity index is 2.24. The van der Waals surface area contributed by atoms with E-state index in [2.05, 4.69) is 9.97 Å². The van der Waals surface area contributed by atoms with Crippen LogP contribution in [0.25, 0.3) is 0 Å². The molecule has 0 bridgehead atoms. The Morgan fingerprint density at radius 1 is 1.53 bits per heavy atom. The lowest BCUT2D eigenvalue weighted by atomic mass is 10.2. The highest BCUT2D eigenvalue weighted by molar-refractivity contribution is 5.78. The zero-order valence-corrected chi connectivity index (χ0v) is 7.95. The molecule has 1 fully saturated rings. The van der Waals surface area contributed by atoms with Gasteiger partial charge in [0.05, 0.1) is 12.3 Å². The maximum atomic E-state index is 10.9. The van der Waals surface area contributed by atoms with Crippen molar-refractivity contribution in [3.63, 3.8) is 0 Å². The average molecular weight is 209 g/mol. The van der Waals surface area contributed by atoms with E-state index in [9.17, 15) is 9.90 Å². The van der Waals surface area contributed by atoms with E-state index in [0.717, 1.165) is 0 Å². The number of anilines is 1. The fraction of sp³-hybridized carbons (Fsp3) is 0.444. The minimum absolute atomic E-state index is 0.228. The van der Waals surface area contributed by atoms with Crippen LogP contribution in [-0.2, 0) is 4.79 Å². The van der Waals surface area contributed by atoms with Crippen LogP contribution in [0, 0.1) is 0 Å². The molecule has 6 nitrogen and oxygen atoms in total. The van der Waals surface area contributed by atoms with Crippen LogP contribution in [0.1, 0.15) is 6.42 Å². The topological polar surface area (TPSA) is 86.5 Å². The predicted octanol–water partition coefficient (Wildman–Crippen LogP) is -0.499. The van der Waals surface area contributed by atoms with Gasteiger partial charge in [-0.3, -0.25) is 4.98 Å². The molecule has 0 radical (unpaired) electrons. The predicted molar refractivity (Wildman–Crippen MR) is 51.4 cm³/mol. The molecule has 0 saturated carbocycles. The highest BCUT2D eigenvalue weighted by Crippen LogP contribution is 2.23. The maximum absolute atomic E-state index is 10.9. The number of hydrogen-bond acceptors (Lipinski definition) is 5. The Kier molecular flexibility index (Phi) is 2.51. The van der Waals surface area contributed by atoms with Crippen LogP contribution in [-0.4, -0.2) is 44.8 Å². The highest BCUT2D eigenvalue weighted by atomic mass is 16.4. The summed E-state index contributed by atoms with van der Waals surface area (Å²) in [6.45, 7) is 0.287. The summed E-state index contributed by atoms with van der Waals surface area (Å²) >= 11 is 0. The van der Waals surface area contributed by atoms with Gasteiger partial charge in [-0.1, -0.05) is 0 Å². The van der Waals surface area contributed by atoms with Gasteiger partial charge in [0.25, 0.3) is 0 Å². The first-order chi connectivity index (χ1) is 7.18. The highest BCUT2D eigenvalue weighted by Gasteiger charge is 2.36. The van der Waals surface area contributed by atoms with Crippen molar-refractivity contribution in [2.45, 2.75) is 18.6 Å². The molecule has 2 heterocycles. The second-order valence-corrected chi connectivity index (χ2v) is 3.46. The second-order valence-electron chi connectivity index (χ2n) is 3.46. The Morgan fingerprint density at radius 3 is 2.93 bits per heavy atom. The fourth-order valence-corrected chi connectivity index (χ4v) is 1.74. The van der Waals surface area contributed by atoms with Crippen molar-refractivity contribution in [2.24, 2.45) is 0 Å². The molecule has 0 aliphatic carbocycles. The third-order valence-electron chi connectivity index (χ3n) is 2.41. The number of carboxylic acid groups (broad SMARTS) is 1. The molecule has 80 valence electrons. The molecule has 1 saturated heterocycles. The Morgan fingerprint density at radius 2 is 2.33 bits per heavy atom. The van der Waals surface area contributed by atoms with Gasteiger partial charge in [-0.25, -0.2) is 9.78 Å². The van der Waals surface area contributed by atoms with Crippen LogP contribution in [0.3, 0.4) is 0 Å². The molecule has 2 rings (SSSR count). The quantitative estimate of drug-likeness (QED) is 0.683. The first-order valence-corrected chi connectivity index (χ1v) is 4.62. The van der Waals surface area contributed by atoms with Crippen LogP contribution < -0.4 is 4.90 Å². The molecule has 0 aromatic carbocycles. The normalized spacial score (nSPS) is 25.5. The van der Waals surface area contributed by atoms with Crippen LogP contribution in [0.15, 0.2) is 18.6 Å². The third-order valence-corrected chi connectivity index (χ3v) is 2.41. The van der Waals surface area contributed by atoms with Crippen LogP contribution in [0.2, 0.25) is 0 Å². The van der Waals surface area contributed by atoms with Gasteiger partial charge < -0.3 is 15.1 Å². The minimum atomic E-state index is -0.947. The Bertz CT molecular complexity index is 357. The van der Waals surface area contributed by atoms with Crippen molar-refractivity contribution in [2.75, 3.05) is 11.4 Å². The molecule has 1 unspecified atom stereocenters. The van der Waals surface area contributed by atoms with Gasteiger partial charge >= 0.3 is 5.97 Å². The van der Waals surface area contributed by atoms with Gasteiger partial charge in [0.2, 0.25) is 0 Å². The number of hydrogen-bond donors (Lipinski definition) is 2. The molecule has 0 spiro atoms.